The summed E-state index contributed by atoms with van der Waals surface area (Å²) in [6.45, 7) is 3.93. The molecule has 1 fully saturated rings. The quantitative estimate of drug-likeness (QED) is 0.372. The molecule has 0 spiro atoms. The summed E-state index contributed by atoms with van der Waals surface area (Å²) < 4.78 is 45.0. The summed E-state index contributed by atoms with van der Waals surface area (Å²) in [6.07, 6.45) is -4.45. The van der Waals surface area contributed by atoms with Crippen molar-refractivity contribution in [3.05, 3.63) is 95.6 Å². The highest BCUT2D eigenvalue weighted by Gasteiger charge is 2.30. The van der Waals surface area contributed by atoms with Gasteiger partial charge in [-0.2, -0.15) is 13.2 Å². The molecule has 1 N–H and O–H groups in total. The van der Waals surface area contributed by atoms with Gasteiger partial charge in [-0.1, -0.05) is 42.5 Å². The van der Waals surface area contributed by atoms with E-state index in [4.69, 9.17) is 4.74 Å². The van der Waals surface area contributed by atoms with Gasteiger partial charge in [0.05, 0.1) is 35.6 Å². The van der Waals surface area contributed by atoms with E-state index in [1.165, 1.54) is 6.07 Å². The summed E-state index contributed by atoms with van der Waals surface area (Å²) >= 11 is 0. The molecule has 0 saturated carbocycles. The number of ether oxygens (including phenoxy) is 1. The van der Waals surface area contributed by atoms with Crippen LogP contribution in [0.1, 0.15) is 21.5 Å². The van der Waals surface area contributed by atoms with Gasteiger partial charge in [-0.3, -0.25) is 9.69 Å². The van der Waals surface area contributed by atoms with Gasteiger partial charge in [0.25, 0.3) is 5.91 Å². The predicted octanol–water partition coefficient (Wildman–Crippen LogP) is 6.01. The first kappa shape index (κ1) is 24.0. The predicted molar refractivity (Wildman–Crippen MR) is 133 cm³/mol. The van der Waals surface area contributed by atoms with Gasteiger partial charge in [-0.05, 0) is 42.0 Å². The van der Waals surface area contributed by atoms with E-state index in [0.717, 1.165) is 42.7 Å². The average molecular weight is 492 g/mol. The summed E-state index contributed by atoms with van der Waals surface area (Å²) in [5.41, 5.74) is 2.47. The maximum absolute atomic E-state index is 13.2. The molecule has 1 saturated heterocycles. The van der Waals surface area contributed by atoms with E-state index in [9.17, 15) is 18.0 Å². The zero-order valence-electron chi connectivity index (χ0n) is 19.4. The van der Waals surface area contributed by atoms with Crippen LogP contribution in [0.3, 0.4) is 0 Å². The number of rotatable bonds is 5. The van der Waals surface area contributed by atoms with Crippen LogP contribution < -0.4 is 5.32 Å². The largest absolute Gasteiger partial charge is 0.416 e. The SMILES string of the molecule is O=C(Nc1cccc(CN2CCOCC2)c1)c1cccc2ccc(-c3cccc(C(F)(F)F)c3)nc12. The molecule has 1 aliphatic rings. The number of morpholine rings is 1. The number of alkyl halides is 3. The van der Waals surface area contributed by atoms with Crippen molar-refractivity contribution in [3.63, 3.8) is 0 Å². The maximum atomic E-state index is 13.2. The van der Waals surface area contributed by atoms with Gasteiger partial charge < -0.3 is 10.1 Å². The molecule has 8 heteroatoms. The van der Waals surface area contributed by atoms with Crippen molar-refractivity contribution in [1.29, 1.82) is 0 Å². The standard InChI is InChI=1S/C28H24F3N3O2/c29-28(30,31)22-7-2-6-21(17-22)25-11-10-20-5-3-9-24(26(20)33-25)27(35)32-23-8-1-4-19(16-23)18-34-12-14-36-15-13-34/h1-11,16-17H,12-15,18H2,(H,32,35). The lowest BCUT2D eigenvalue weighted by molar-refractivity contribution is -0.137. The van der Waals surface area contributed by atoms with E-state index in [1.54, 1.807) is 30.3 Å². The number of anilines is 1. The topological polar surface area (TPSA) is 54.5 Å². The molecule has 2 heterocycles. The Kier molecular flexibility index (Phi) is 6.71. The van der Waals surface area contributed by atoms with Gasteiger partial charge in [0.15, 0.2) is 0 Å². The fourth-order valence-electron chi connectivity index (χ4n) is 4.31. The van der Waals surface area contributed by atoms with Crippen molar-refractivity contribution in [2.45, 2.75) is 12.7 Å². The number of halogens is 3. The van der Waals surface area contributed by atoms with Crippen molar-refractivity contribution in [2.24, 2.45) is 0 Å². The van der Waals surface area contributed by atoms with E-state index in [1.807, 2.05) is 30.3 Å². The normalized spacial score (nSPS) is 14.6. The van der Waals surface area contributed by atoms with Crippen molar-refractivity contribution < 1.29 is 22.7 Å². The Bertz CT molecular complexity index is 1400. The van der Waals surface area contributed by atoms with Crippen molar-refractivity contribution in [1.82, 2.24) is 9.88 Å². The highest BCUT2D eigenvalue weighted by molar-refractivity contribution is 6.12. The third-order valence-corrected chi connectivity index (χ3v) is 6.15. The van der Waals surface area contributed by atoms with Crippen LogP contribution in [0.15, 0.2) is 78.9 Å². The van der Waals surface area contributed by atoms with E-state index in [0.29, 0.717) is 41.2 Å². The number of fused-ring (bicyclic) bond motifs is 1. The molecule has 1 aromatic heterocycles. The molecule has 184 valence electrons. The smallest absolute Gasteiger partial charge is 0.379 e. The number of nitrogens with zero attached hydrogens (tertiary/aromatic N) is 2. The summed E-state index contributed by atoms with van der Waals surface area (Å²) in [4.78, 5) is 20.1. The molecule has 0 radical (unpaired) electrons. The first-order valence-corrected chi connectivity index (χ1v) is 11.6. The monoisotopic (exact) mass is 491 g/mol. The number of pyridine rings is 1. The molecular formula is C28H24F3N3O2. The zero-order valence-corrected chi connectivity index (χ0v) is 19.4. The molecular weight excluding hydrogens is 467 g/mol. The average Bonchev–Trinajstić information content (AvgIpc) is 2.88. The molecule has 5 rings (SSSR count). The number of carbonyl (C=O) groups excluding carboxylic acids is 1. The Balaban J connectivity index is 1.41. The Morgan fingerprint density at radius 1 is 0.944 bits per heavy atom. The van der Waals surface area contributed by atoms with Crippen LogP contribution in [0, 0.1) is 0 Å². The van der Waals surface area contributed by atoms with Crippen LogP contribution in [-0.2, 0) is 17.5 Å². The molecule has 0 aliphatic carbocycles. The minimum absolute atomic E-state index is 0.331. The number of hydrogen-bond acceptors (Lipinski definition) is 4. The van der Waals surface area contributed by atoms with Crippen LogP contribution >= 0.6 is 0 Å². The second-order valence-corrected chi connectivity index (χ2v) is 8.70. The molecule has 36 heavy (non-hydrogen) atoms. The lowest BCUT2D eigenvalue weighted by Crippen LogP contribution is -2.35. The Labute approximate surface area is 206 Å². The Morgan fingerprint density at radius 3 is 2.53 bits per heavy atom. The van der Waals surface area contributed by atoms with E-state index < -0.39 is 11.7 Å². The van der Waals surface area contributed by atoms with Crippen LogP contribution in [0.5, 0.6) is 0 Å². The molecule has 1 aliphatic heterocycles. The number of benzene rings is 3. The van der Waals surface area contributed by atoms with Gasteiger partial charge in [0.1, 0.15) is 0 Å². The van der Waals surface area contributed by atoms with Gasteiger partial charge in [0, 0.05) is 36.3 Å². The Morgan fingerprint density at radius 2 is 1.72 bits per heavy atom. The van der Waals surface area contributed by atoms with E-state index in [-0.39, 0.29) is 5.91 Å². The third kappa shape index (κ3) is 5.40. The summed E-state index contributed by atoms with van der Waals surface area (Å²) in [7, 11) is 0. The highest BCUT2D eigenvalue weighted by Crippen LogP contribution is 2.32. The van der Waals surface area contributed by atoms with Gasteiger partial charge >= 0.3 is 6.18 Å². The molecule has 0 unspecified atom stereocenters. The molecule has 3 aromatic carbocycles. The maximum Gasteiger partial charge on any atom is 0.416 e. The fourth-order valence-corrected chi connectivity index (χ4v) is 4.31. The van der Waals surface area contributed by atoms with Crippen LogP contribution in [0.25, 0.3) is 22.2 Å². The summed E-state index contributed by atoms with van der Waals surface area (Å²) in [5, 5.41) is 3.67. The van der Waals surface area contributed by atoms with Crippen LogP contribution in [-0.4, -0.2) is 42.1 Å². The lowest BCUT2D eigenvalue weighted by Gasteiger charge is -2.26. The number of para-hydroxylation sites is 1. The van der Waals surface area contributed by atoms with Gasteiger partial charge in [0.2, 0.25) is 0 Å². The minimum Gasteiger partial charge on any atom is -0.379 e. The first-order chi connectivity index (χ1) is 17.4. The number of hydrogen-bond donors (Lipinski definition) is 1. The zero-order chi connectivity index (χ0) is 25.1. The van der Waals surface area contributed by atoms with Crippen LogP contribution in [0.2, 0.25) is 0 Å². The summed E-state index contributed by atoms with van der Waals surface area (Å²) in [6, 6.07) is 21.4. The number of carbonyl (C=O) groups is 1. The molecule has 0 atom stereocenters. The third-order valence-electron chi connectivity index (χ3n) is 6.15. The van der Waals surface area contributed by atoms with Gasteiger partial charge in [-0.15, -0.1) is 0 Å². The Hall–Kier alpha value is -3.75. The second kappa shape index (κ2) is 10.1. The summed E-state index contributed by atoms with van der Waals surface area (Å²) in [5.74, 6) is -0.335. The fraction of sp³-hybridized carbons (Fsp3) is 0.214. The van der Waals surface area contributed by atoms with E-state index in [2.05, 4.69) is 15.2 Å². The molecule has 4 aromatic rings. The molecule has 0 bridgehead atoms. The van der Waals surface area contributed by atoms with Crippen molar-refractivity contribution >= 4 is 22.5 Å². The van der Waals surface area contributed by atoms with Crippen LogP contribution in [0.4, 0.5) is 18.9 Å². The van der Waals surface area contributed by atoms with Crippen molar-refractivity contribution in [2.75, 3.05) is 31.6 Å². The minimum atomic E-state index is -4.45. The highest BCUT2D eigenvalue weighted by atomic mass is 19.4. The molecule has 1 amide bonds. The van der Waals surface area contributed by atoms with E-state index >= 15 is 0 Å². The lowest BCUT2D eigenvalue weighted by atomic mass is 10.0. The van der Waals surface area contributed by atoms with Gasteiger partial charge in [-0.25, -0.2) is 4.98 Å². The number of nitrogens with one attached hydrogen (secondary N) is 1. The second-order valence-electron chi connectivity index (χ2n) is 8.70. The van der Waals surface area contributed by atoms with Crippen molar-refractivity contribution in [3.8, 4) is 11.3 Å². The number of aromatic nitrogens is 1. The number of amides is 1. The first-order valence-electron chi connectivity index (χ1n) is 11.6. The molecule has 5 nitrogen and oxygen atoms in total.